The van der Waals surface area contributed by atoms with Gasteiger partial charge >= 0.3 is 0 Å². The number of hydrogen-bond acceptors (Lipinski definition) is 3. The quantitative estimate of drug-likeness (QED) is 0.810. The normalized spacial score (nSPS) is 24.0. The van der Waals surface area contributed by atoms with Crippen LogP contribution in [0.4, 0.5) is 0 Å². The van der Waals surface area contributed by atoms with Crippen LogP contribution in [-0.2, 0) is 9.53 Å². The van der Waals surface area contributed by atoms with Crippen molar-refractivity contribution < 1.29 is 9.53 Å². The highest BCUT2D eigenvalue weighted by atomic mass is 16.5. The molecule has 0 saturated carbocycles. The van der Waals surface area contributed by atoms with Crippen molar-refractivity contribution in [2.45, 2.75) is 18.8 Å². The minimum Gasteiger partial charge on any atom is -0.381 e. The van der Waals surface area contributed by atoms with E-state index in [4.69, 9.17) is 4.74 Å². The number of rotatable bonds is 3. The van der Waals surface area contributed by atoms with E-state index in [0.717, 1.165) is 38.4 Å². The number of aromatic nitrogens is 1. The highest BCUT2D eigenvalue weighted by Gasteiger charge is 2.33. The Morgan fingerprint density at radius 1 is 1.44 bits per heavy atom. The second-order valence-electron chi connectivity index (χ2n) is 5.18. The van der Waals surface area contributed by atoms with Crippen molar-refractivity contribution in [3.8, 4) is 0 Å². The fraction of sp³-hybridized carbons (Fsp3) is 0.571. The van der Waals surface area contributed by atoms with Gasteiger partial charge in [0.1, 0.15) is 0 Å². The van der Waals surface area contributed by atoms with Crippen molar-refractivity contribution in [3.05, 3.63) is 30.1 Å². The molecule has 0 spiro atoms. The minimum absolute atomic E-state index is 0.276. The predicted octanol–water partition coefficient (Wildman–Crippen LogP) is 1.43. The van der Waals surface area contributed by atoms with Gasteiger partial charge in [0.15, 0.2) is 0 Å². The Kier molecular flexibility index (Phi) is 3.28. The second-order valence-corrected chi connectivity index (χ2v) is 5.18. The molecule has 4 heteroatoms. The van der Waals surface area contributed by atoms with E-state index < -0.39 is 0 Å². The van der Waals surface area contributed by atoms with E-state index in [-0.39, 0.29) is 5.91 Å². The Balaban J connectivity index is 1.48. The van der Waals surface area contributed by atoms with Crippen molar-refractivity contribution in [1.29, 1.82) is 0 Å². The molecule has 1 aromatic heterocycles. The van der Waals surface area contributed by atoms with Gasteiger partial charge in [-0.15, -0.1) is 0 Å². The Morgan fingerprint density at radius 2 is 2.33 bits per heavy atom. The van der Waals surface area contributed by atoms with E-state index in [1.54, 1.807) is 0 Å². The van der Waals surface area contributed by atoms with Crippen molar-refractivity contribution >= 4 is 5.91 Å². The Bertz CT molecular complexity index is 409. The summed E-state index contributed by atoms with van der Waals surface area (Å²) in [6, 6.07) is 5.96. The second kappa shape index (κ2) is 5.06. The summed E-state index contributed by atoms with van der Waals surface area (Å²) in [6.45, 7) is 3.21. The lowest BCUT2D eigenvalue weighted by molar-refractivity contribution is -0.136. The summed E-state index contributed by atoms with van der Waals surface area (Å²) < 4.78 is 5.30. The Labute approximate surface area is 107 Å². The fourth-order valence-electron chi connectivity index (χ4n) is 2.61. The molecule has 2 saturated heterocycles. The van der Waals surface area contributed by atoms with Crippen molar-refractivity contribution in [2.75, 3.05) is 26.3 Å². The van der Waals surface area contributed by atoms with Gasteiger partial charge in [0, 0.05) is 50.5 Å². The third-order valence-corrected chi connectivity index (χ3v) is 3.83. The van der Waals surface area contributed by atoms with Crippen LogP contribution in [-0.4, -0.2) is 42.1 Å². The maximum Gasteiger partial charge on any atom is 0.222 e. The SMILES string of the molecule is O=C(C[C@@H]1CCOC1)N1CC(c2ccccn2)C1. The van der Waals surface area contributed by atoms with Crippen molar-refractivity contribution in [3.63, 3.8) is 0 Å². The van der Waals surface area contributed by atoms with Crippen molar-refractivity contribution in [2.24, 2.45) is 5.92 Å². The number of likely N-dealkylation sites (tertiary alicyclic amines) is 1. The van der Waals surface area contributed by atoms with Gasteiger partial charge in [-0.05, 0) is 24.5 Å². The van der Waals surface area contributed by atoms with E-state index in [0.29, 0.717) is 18.3 Å². The maximum absolute atomic E-state index is 12.0. The molecule has 4 nitrogen and oxygen atoms in total. The molecule has 0 aromatic carbocycles. The summed E-state index contributed by atoms with van der Waals surface area (Å²) in [6.07, 6.45) is 3.49. The van der Waals surface area contributed by atoms with Gasteiger partial charge in [0.05, 0.1) is 0 Å². The molecule has 2 aliphatic rings. The zero-order valence-electron chi connectivity index (χ0n) is 10.4. The van der Waals surface area contributed by atoms with Crippen LogP contribution in [0.1, 0.15) is 24.5 Å². The molecular formula is C14H18N2O2. The minimum atomic E-state index is 0.276. The van der Waals surface area contributed by atoms with Crippen molar-refractivity contribution in [1.82, 2.24) is 9.88 Å². The molecule has 96 valence electrons. The smallest absolute Gasteiger partial charge is 0.222 e. The predicted molar refractivity (Wildman–Crippen MR) is 67.1 cm³/mol. The van der Waals surface area contributed by atoms with Crippen LogP contribution in [0.25, 0.3) is 0 Å². The highest BCUT2D eigenvalue weighted by Crippen LogP contribution is 2.27. The van der Waals surface area contributed by atoms with E-state index in [2.05, 4.69) is 4.98 Å². The molecule has 3 heterocycles. The lowest BCUT2D eigenvalue weighted by atomic mass is 9.94. The molecule has 0 N–H and O–H groups in total. The van der Waals surface area contributed by atoms with Crippen LogP contribution >= 0.6 is 0 Å². The zero-order chi connectivity index (χ0) is 12.4. The Morgan fingerprint density at radius 3 is 3.00 bits per heavy atom. The fourth-order valence-corrected chi connectivity index (χ4v) is 2.61. The molecule has 0 bridgehead atoms. The van der Waals surface area contributed by atoms with E-state index in [9.17, 15) is 4.79 Å². The molecule has 0 radical (unpaired) electrons. The molecule has 3 rings (SSSR count). The lowest BCUT2D eigenvalue weighted by Gasteiger charge is -2.39. The number of carbonyl (C=O) groups excluding carboxylic acids is 1. The average Bonchev–Trinajstić information content (AvgIpc) is 2.81. The first-order valence-electron chi connectivity index (χ1n) is 6.59. The first-order valence-corrected chi connectivity index (χ1v) is 6.59. The molecule has 1 atom stereocenters. The standard InChI is InChI=1S/C14H18N2O2/c17-14(7-11-4-6-18-10-11)16-8-12(9-16)13-3-1-2-5-15-13/h1-3,5,11-12H,4,6-10H2/t11-/m0/s1. The first kappa shape index (κ1) is 11.7. The Hall–Kier alpha value is -1.42. The summed E-state index contributed by atoms with van der Waals surface area (Å²) in [5.41, 5.74) is 1.10. The van der Waals surface area contributed by atoms with Gasteiger partial charge in [0.2, 0.25) is 5.91 Å². The molecule has 2 aliphatic heterocycles. The zero-order valence-corrected chi connectivity index (χ0v) is 10.4. The van der Waals surface area contributed by atoms with Crippen LogP contribution in [0, 0.1) is 5.92 Å². The third kappa shape index (κ3) is 2.38. The van der Waals surface area contributed by atoms with Gasteiger partial charge in [0.25, 0.3) is 0 Å². The van der Waals surface area contributed by atoms with Gasteiger partial charge in [-0.1, -0.05) is 6.07 Å². The molecular weight excluding hydrogens is 228 g/mol. The molecule has 2 fully saturated rings. The summed E-state index contributed by atoms with van der Waals surface area (Å²) >= 11 is 0. The summed E-state index contributed by atoms with van der Waals surface area (Å²) in [7, 11) is 0. The van der Waals surface area contributed by atoms with Gasteiger partial charge in [-0.2, -0.15) is 0 Å². The number of amides is 1. The summed E-state index contributed by atoms with van der Waals surface area (Å²) in [5.74, 6) is 1.14. The topological polar surface area (TPSA) is 42.4 Å². The monoisotopic (exact) mass is 246 g/mol. The highest BCUT2D eigenvalue weighted by molar-refractivity contribution is 5.77. The number of nitrogens with zero attached hydrogens (tertiary/aromatic N) is 2. The third-order valence-electron chi connectivity index (χ3n) is 3.83. The van der Waals surface area contributed by atoms with Gasteiger partial charge in [-0.3, -0.25) is 9.78 Å². The van der Waals surface area contributed by atoms with E-state index in [1.807, 2.05) is 29.3 Å². The first-order chi connectivity index (χ1) is 8.83. The molecule has 18 heavy (non-hydrogen) atoms. The summed E-state index contributed by atoms with van der Waals surface area (Å²) in [5, 5.41) is 0. The number of pyridine rings is 1. The van der Waals surface area contributed by atoms with E-state index in [1.165, 1.54) is 0 Å². The number of hydrogen-bond donors (Lipinski definition) is 0. The van der Waals surface area contributed by atoms with E-state index >= 15 is 0 Å². The molecule has 1 aromatic rings. The number of carbonyl (C=O) groups is 1. The van der Waals surface area contributed by atoms with Gasteiger partial charge in [-0.25, -0.2) is 0 Å². The van der Waals surface area contributed by atoms with Crippen LogP contribution in [0.2, 0.25) is 0 Å². The van der Waals surface area contributed by atoms with Crippen LogP contribution in [0.15, 0.2) is 24.4 Å². The van der Waals surface area contributed by atoms with Crippen LogP contribution in [0.3, 0.4) is 0 Å². The lowest BCUT2D eigenvalue weighted by Crippen LogP contribution is -2.49. The largest absolute Gasteiger partial charge is 0.381 e. The van der Waals surface area contributed by atoms with Crippen LogP contribution in [0.5, 0.6) is 0 Å². The molecule has 1 amide bonds. The average molecular weight is 246 g/mol. The van der Waals surface area contributed by atoms with Gasteiger partial charge < -0.3 is 9.64 Å². The molecule has 0 aliphatic carbocycles. The number of ether oxygens (including phenoxy) is 1. The van der Waals surface area contributed by atoms with Crippen LogP contribution < -0.4 is 0 Å². The maximum atomic E-state index is 12.0. The summed E-state index contributed by atoms with van der Waals surface area (Å²) in [4.78, 5) is 18.3. The molecule has 0 unspecified atom stereocenters.